The van der Waals surface area contributed by atoms with E-state index in [1.807, 2.05) is 29.3 Å². The Morgan fingerprint density at radius 2 is 2.04 bits per heavy atom. The molecule has 0 spiro atoms. The fourth-order valence-electron chi connectivity index (χ4n) is 2.67. The van der Waals surface area contributed by atoms with E-state index in [2.05, 4.69) is 10.1 Å². The number of aliphatic hydroxyl groups is 2. The van der Waals surface area contributed by atoms with Gasteiger partial charge in [-0.2, -0.15) is 4.52 Å². The Morgan fingerprint density at radius 1 is 1.29 bits per heavy atom. The maximum absolute atomic E-state index is 10.7. The predicted molar refractivity (Wildman–Crippen MR) is 93.8 cm³/mol. The van der Waals surface area contributed by atoms with Gasteiger partial charge in [0.1, 0.15) is 0 Å². The zero-order valence-corrected chi connectivity index (χ0v) is 14.9. The summed E-state index contributed by atoms with van der Waals surface area (Å²) < 4.78 is 1.47. The Kier molecular flexibility index (Phi) is 5.47. The fraction of sp³-hybridized carbons (Fsp3) is 0.467. The van der Waals surface area contributed by atoms with Gasteiger partial charge in [0.15, 0.2) is 5.82 Å². The van der Waals surface area contributed by atoms with Crippen molar-refractivity contribution in [1.29, 1.82) is 0 Å². The van der Waals surface area contributed by atoms with Crippen molar-refractivity contribution in [1.82, 2.24) is 19.5 Å². The number of nitrogens with zero attached hydrogens (tertiary/aromatic N) is 4. The maximum Gasteiger partial charge on any atom is 0.230 e. The molecule has 0 aliphatic heterocycles. The van der Waals surface area contributed by atoms with Crippen LogP contribution in [0.25, 0.3) is 4.96 Å². The molecular weight excluding hydrogens is 348 g/mol. The Balaban J connectivity index is 2.08. The van der Waals surface area contributed by atoms with E-state index in [4.69, 9.17) is 0 Å². The number of fused-ring (bicyclic) bond motifs is 1. The van der Waals surface area contributed by atoms with Gasteiger partial charge in [0, 0.05) is 24.4 Å². The lowest BCUT2D eigenvalue weighted by Crippen LogP contribution is -2.34. The van der Waals surface area contributed by atoms with Crippen molar-refractivity contribution in [3.63, 3.8) is 0 Å². The molecule has 0 bridgehead atoms. The number of aliphatic hydroxyl groups excluding tert-OH is 2. The first-order chi connectivity index (χ1) is 11.7. The van der Waals surface area contributed by atoms with Gasteiger partial charge in [0.25, 0.3) is 0 Å². The number of aromatic nitrogens is 3. The van der Waals surface area contributed by atoms with Gasteiger partial charge in [-0.15, -0.1) is 16.4 Å². The molecule has 0 aromatic carbocycles. The molecule has 0 aliphatic rings. The van der Waals surface area contributed by atoms with Crippen LogP contribution in [0.1, 0.15) is 28.5 Å². The summed E-state index contributed by atoms with van der Waals surface area (Å²) in [4.78, 5) is 8.78. The number of hydrogen-bond acceptors (Lipinski definition) is 8. The third-order valence-electron chi connectivity index (χ3n) is 3.76. The van der Waals surface area contributed by atoms with Crippen LogP contribution in [-0.2, 0) is 6.42 Å². The highest BCUT2D eigenvalue weighted by Crippen LogP contribution is 2.41. The van der Waals surface area contributed by atoms with Crippen LogP contribution in [0.5, 0.6) is 5.88 Å². The molecule has 3 heterocycles. The summed E-state index contributed by atoms with van der Waals surface area (Å²) in [5.41, 5.74) is 0. The summed E-state index contributed by atoms with van der Waals surface area (Å²) >= 11 is 2.96. The molecule has 24 heavy (non-hydrogen) atoms. The summed E-state index contributed by atoms with van der Waals surface area (Å²) in [5, 5.41) is 35.7. The molecule has 0 fully saturated rings. The minimum Gasteiger partial charge on any atom is -0.492 e. The molecule has 3 rings (SSSR count). The van der Waals surface area contributed by atoms with Crippen LogP contribution in [-0.4, -0.2) is 61.1 Å². The van der Waals surface area contributed by atoms with E-state index in [1.54, 1.807) is 11.3 Å². The molecule has 9 heteroatoms. The van der Waals surface area contributed by atoms with E-state index < -0.39 is 0 Å². The third-order valence-corrected chi connectivity index (χ3v) is 5.76. The van der Waals surface area contributed by atoms with Gasteiger partial charge in [0.2, 0.25) is 10.8 Å². The highest BCUT2D eigenvalue weighted by molar-refractivity contribution is 7.17. The Morgan fingerprint density at radius 3 is 2.58 bits per heavy atom. The van der Waals surface area contributed by atoms with E-state index in [1.165, 1.54) is 15.9 Å². The average molecular weight is 368 g/mol. The molecule has 0 amide bonds. The highest BCUT2D eigenvalue weighted by atomic mass is 32.1. The molecule has 3 N–H and O–H groups in total. The van der Waals surface area contributed by atoms with Crippen molar-refractivity contribution in [2.45, 2.75) is 19.4 Å². The highest BCUT2D eigenvalue weighted by Gasteiger charge is 2.29. The topological polar surface area (TPSA) is 94.1 Å². The van der Waals surface area contributed by atoms with E-state index in [0.717, 1.165) is 9.75 Å². The fourth-order valence-corrected chi connectivity index (χ4v) is 4.74. The molecular formula is C15H20N4O3S2. The Hall–Kier alpha value is -1.52. The van der Waals surface area contributed by atoms with Gasteiger partial charge in [-0.25, -0.2) is 4.98 Å². The molecule has 3 aromatic rings. The lowest BCUT2D eigenvalue weighted by atomic mass is 10.1. The monoisotopic (exact) mass is 368 g/mol. The zero-order chi connectivity index (χ0) is 17.1. The smallest absolute Gasteiger partial charge is 0.230 e. The molecule has 0 saturated heterocycles. The molecule has 0 aliphatic carbocycles. The van der Waals surface area contributed by atoms with Crippen LogP contribution in [0, 0.1) is 0 Å². The van der Waals surface area contributed by atoms with Crippen molar-refractivity contribution in [3.05, 3.63) is 33.1 Å². The maximum atomic E-state index is 10.7. The summed E-state index contributed by atoms with van der Waals surface area (Å²) in [5.74, 6) is 0.764. The van der Waals surface area contributed by atoms with Crippen molar-refractivity contribution in [3.8, 4) is 5.88 Å². The van der Waals surface area contributed by atoms with Gasteiger partial charge in [0.05, 0.1) is 24.1 Å². The van der Waals surface area contributed by atoms with Crippen molar-refractivity contribution < 1.29 is 15.3 Å². The number of aryl methyl sites for hydroxylation is 1. The second-order valence-electron chi connectivity index (χ2n) is 5.27. The number of aromatic hydroxyl groups is 1. The normalized spacial score (nSPS) is 13.2. The summed E-state index contributed by atoms with van der Waals surface area (Å²) in [6.45, 7) is 2.72. The van der Waals surface area contributed by atoms with Gasteiger partial charge in [-0.05, 0) is 11.4 Å². The third kappa shape index (κ3) is 3.17. The van der Waals surface area contributed by atoms with E-state index in [-0.39, 0.29) is 25.1 Å². The number of thiophene rings is 1. The lowest BCUT2D eigenvalue weighted by molar-refractivity contribution is 0.137. The minimum atomic E-state index is -0.247. The standard InChI is InChI=1S/C15H20N4O3S2/c1-2-11-16-15-19(17-11)14(22)13(24-15)12(10-4-3-9-23-10)18(5-7-20)6-8-21/h3-4,9,12,20-22H,2,5-8H2,1H3. The quantitative estimate of drug-likeness (QED) is 0.558. The molecule has 1 atom stereocenters. The van der Waals surface area contributed by atoms with Crippen molar-refractivity contribution in [2.75, 3.05) is 26.3 Å². The van der Waals surface area contributed by atoms with Gasteiger partial charge >= 0.3 is 0 Å². The van der Waals surface area contributed by atoms with Crippen LogP contribution >= 0.6 is 22.7 Å². The van der Waals surface area contributed by atoms with Crippen molar-refractivity contribution >= 4 is 27.6 Å². The number of thiazole rings is 1. The zero-order valence-electron chi connectivity index (χ0n) is 13.3. The summed E-state index contributed by atoms with van der Waals surface area (Å²) in [6, 6.07) is 3.69. The molecule has 130 valence electrons. The van der Waals surface area contributed by atoms with Crippen LogP contribution in [0.4, 0.5) is 0 Å². The number of rotatable bonds is 8. The second-order valence-corrected chi connectivity index (χ2v) is 7.26. The largest absolute Gasteiger partial charge is 0.492 e. The van der Waals surface area contributed by atoms with Gasteiger partial charge < -0.3 is 15.3 Å². The van der Waals surface area contributed by atoms with Gasteiger partial charge in [-0.1, -0.05) is 24.3 Å². The molecule has 1 unspecified atom stereocenters. The molecule has 3 aromatic heterocycles. The van der Waals surface area contributed by atoms with E-state index in [9.17, 15) is 15.3 Å². The van der Waals surface area contributed by atoms with Gasteiger partial charge in [-0.3, -0.25) is 4.90 Å². The first kappa shape index (κ1) is 17.3. The molecule has 0 radical (unpaired) electrons. The van der Waals surface area contributed by atoms with Crippen LogP contribution in [0.3, 0.4) is 0 Å². The Labute approximate surface area is 147 Å². The SMILES string of the molecule is CCc1nc2sc(C(c3cccs3)N(CCO)CCO)c(O)n2n1. The van der Waals surface area contributed by atoms with Crippen LogP contribution < -0.4 is 0 Å². The summed E-state index contributed by atoms with van der Waals surface area (Å²) in [7, 11) is 0. The predicted octanol–water partition coefficient (Wildman–Crippen LogP) is 1.50. The van der Waals surface area contributed by atoms with Crippen LogP contribution in [0.15, 0.2) is 17.5 Å². The van der Waals surface area contributed by atoms with E-state index in [0.29, 0.717) is 30.3 Å². The second kappa shape index (κ2) is 7.58. The first-order valence-corrected chi connectivity index (χ1v) is 9.45. The summed E-state index contributed by atoms with van der Waals surface area (Å²) in [6.07, 6.45) is 0.707. The lowest BCUT2D eigenvalue weighted by Gasteiger charge is -2.29. The first-order valence-electron chi connectivity index (χ1n) is 7.76. The van der Waals surface area contributed by atoms with E-state index >= 15 is 0 Å². The minimum absolute atomic E-state index is 0.0244. The molecule has 0 saturated carbocycles. The molecule has 7 nitrogen and oxygen atoms in total. The van der Waals surface area contributed by atoms with Crippen molar-refractivity contribution in [2.24, 2.45) is 0 Å². The Bertz CT molecular complexity index is 778. The van der Waals surface area contributed by atoms with Crippen LogP contribution in [0.2, 0.25) is 0 Å². The number of hydrogen-bond donors (Lipinski definition) is 3. The average Bonchev–Trinajstić information content (AvgIpc) is 3.28.